The van der Waals surface area contributed by atoms with E-state index in [0.717, 1.165) is 17.7 Å². The summed E-state index contributed by atoms with van der Waals surface area (Å²) in [6.07, 6.45) is 1.42. The summed E-state index contributed by atoms with van der Waals surface area (Å²) in [7, 11) is 0. The third kappa shape index (κ3) is 3.34. The Labute approximate surface area is 113 Å². The van der Waals surface area contributed by atoms with Gasteiger partial charge in [0, 0.05) is 18.7 Å². The average molecular weight is 260 g/mol. The Bertz CT molecular complexity index is 483. The van der Waals surface area contributed by atoms with Gasteiger partial charge in [0.1, 0.15) is 0 Å². The second kappa shape index (κ2) is 5.87. The lowest BCUT2D eigenvalue weighted by atomic mass is 10.0. The monoisotopic (exact) mass is 260 g/mol. The molecule has 1 aromatic carbocycles. The Balaban J connectivity index is 2.01. The second-order valence-corrected chi connectivity index (χ2v) is 5.21. The highest BCUT2D eigenvalue weighted by Gasteiger charge is 2.22. The van der Waals surface area contributed by atoms with Crippen molar-refractivity contribution in [2.45, 2.75) is 32.6 Å². The summed E-state index contributed by atoms with van der Waals surface area (Å²) >= 11 is 0. The number of anilines is 1. The maximum absolute atomic E-state index is 12.0. The predicted molar refractivity (Wildman–Crippen MR) is 75.0 cm³/mol. The van der Waals surface area contributed by atoms with Crippen LogP contribution in [0.1, 0.15) is 38.2 Å². The summed E-state index contributed by atoms with van der Waals surface area (Å²) < 4.78 is 0. The van der Waals surface area contributed by atoms with Gasteiger partial charge in [0.2, 0.25) is 11.8 Å². The van der Waals surface area contributed by atoms with Crippen molar-refractivity contribution in [1.82, 2.24) is 4.90 Å². The SMILES string of the molecule is CC(C)c1ccccc1NC(=O)CN1CCCC1=O. The molecule has 4 nitrogen and oxygen atoms in total. The second-order valence-electron chi connectivity index (χ2n) is 5.21. The van der Waals surface area contributed by atoms with Crippen molar-refractivity contribution in [1.29, 1.82) is 0 Å². The van der Waals surface area contributed by atoms with Gasteiger partial charge in [-0.3, -0.25) is 9.59 Å². The molecular formula is C15H20N2O2. The molecule has 0 aromatic heterocycles. The maximum Gasteiger partial charge on any atom is 0.244 e. The number of carbonyl (C=O) groups excluding carboxylic acids is 2. The van der Waals surface area contributed by atoms with Gasteiger partial charge in [-0.15, -0.1) is 0 Å². The van der Waals surface area contributed by atoms with E-state index in [1.165, 1.54) is 0 Å². The number of para-hydroxylation sites is 1. The molecule has 1 N–H and O–H groups in total. The zero-order chi connectivity index (χ0) is 13.8. The highest BCUT2D eigenvalue weighted by atomic mass is 16.2. The van der Waals surface area contributed by atoms with Gasteiger partial charge < -0.3 is 10.2 Å². The van der Waals surface area contributed by atoms with Gasteiger partial charge in [-0.05, 0) is 24.0 Å². The average Bonchev–Trinajstić information content (AvgIpc) is 2.75. The van der Waals surface area contributed by atoms with Gasteiger partial charge in [0.15, 0.2) is 0 Å². The minimum absolute atomic E-state index is 0.0762. The van der Waals surface area contributed by atoms with E-state index in [0.29, 0.717) is 18.9 Å². The van der Waals surface area contributed by atoms with Crippen molar-refractivity contribution in [2.75, 3.05) is 18.4 Å². The number of hydrogen-bond donors (Lipinski definition) is 1. The minimum atomic E-state index is -0.122. The van der Waals surface area contributed by atoms with Crippen LogP contribution in [0.5, 0.6) is 0 Å². The van der Waals surface area contributed by atoms with E-state index in [-0.39, 0.29) is 18.4 Å². The molecule has 0 aliphatic carbocycles. The van der Waals surface area contributed by atoms with Crippen LogP contribution in [-0.2, 0) is 9.59 Å². The molecule has 19 heavy (non-hydrogen) atoms. The lowest BCUT2D eigenvalue weighted by molar-refractivity contribution is -0.131. The first-order valence-electron chi connectivity index (χ1n) is 6.74. The number of likely N-dealkylation sites (tertiary alicyclic amines) is 1. The first kappa shape index (κ1) is 13.6. The molecular weight excluding hydrogens is 240 g/mol. The molecule has 1 saturated heterocycles. The van der Waals surface area contributed by atoms with Gasteiger partial charge in [-0.25, -0.2) is 0 Å². The first-order chi connectivity index (χ1) is 9.08. The molecule has 4 heteroatoms. The molecule has 102 valence electrons. The summed E-state index contributed by atoms with van der Waals surface area (Å²) in [4.78, 5) is 25.1. The number of amides is 2. The number of nitrogens with one attached hydrogen (secondary N) is 1. The van der Waals surface area contributed by atoms with Crippen molar-refractivity contribution in [2.24, 2.45) is 0 Å². The van der Waals surface area contributed by atoms with Gasteiger partial charge in [-0.1, -0.05) is 32.0 Å². The van der Waals surface area contributed by atoms with Crippen LogP contribution >= 0.6 is 0 Å². The molecule has 0 spiro atoms. The standard InChI is InChI=1S/C15H20N2O2/c1-11(2)12-6-3-4-7-13(12)16-14(18)10-17-9-5-8-15(17)19/h3-4,6-7,11H,5,8-10H2,1-2H3,(H,16,18). The third-order valence-electron chi connectivity index (χ3n) is 3.36. The lowest BCUT2D eigenvalue weighted by Gasteiger charge is -2.17. The van der Waals surface area contributed by atoms with Crippen LogP contribution in [0.3, 0.4) is 0 Å². The highest BCUT2D eigenvalue weighted by Crippen LogP contribution is 2.23. The molecule has 2 amide bonds. The van der Waals surface area contributed by atoms with E-state index in [4.69, 9.17) is 0 Å². The largest absolute Gasteiger partial charge is 0.333 e. The van der Waals surface area contributed by atoms with Crippen LogP contribution in [0.4, 0.5) is 5.69 Å². The van der Waals surface area contributed by atoms with Gasteiger partial charge in [0.05, 0.1) is 6.54 Å². The zero-order valence-corrected chi connectivity index (χ0v) is 11.5. The molecule has 0 atom stereocenters. The van der Waals surface area contributed by atoms with Crippen LogP contribution in [0.2, 0.25) is 0 Å². The molecule has 0 bridgehead atoms. The first-order valence-corrected chi connectivity index (χ1v) is 6.74. The molecule has 0 radical (unpaired) electrons. The molecule has 0 saturated carbocycles. The maximum atomic E-state index is 12.0. The summed E-state index contributed by atoms with van der Waals surface area (Å²) in [5.74, 6) is 0.306. The molecule has 1 aliphatic heterocycles. The highest BCUT2D eigenvalue weighted by molar-refractivity contribution is 5.95. The topological polar surface area (TPSA) is 49.4 Å². The molecule has 1 aliphatic rings. The van der Waals surface area contributed by atoms with E-state index in [1.807, 2.05) is 24.3 Å². The zero-order valence-electron chi connectivity index (χ0n) is 11.5. The van der Waals surface area contributed by atoms with E-state index >= 15 is 0 Å². The number of nitrogens with zero attached hydrogens (tertiary/aromatic N) is 1. The molecule has 1 fully saturated rings. The fourth-order valence-corrected chi connectivity index (χ4v) is 2.35. The molecule has 2 rings (SSSR count). The van der Waals surface area contributed by atoms with Crippen LogP contribution in [0.25, 0.3) is 0 Å². The fraction of sp³-hybridized carbons (Fsp3) is 0.467. The quantitative estimate of drug-likeness (QED) is 0.903. The lowest BCUT2D eigenvalue weighted by Crippen LogP contribution is -2.34. The van der Waals surface area contributed by atoms with Crippen molar-refractivity contribution in [3.05, 3.63) is 29.8 Å². The Morgan fingerprint density at radius 1 is 1.37 bits per heavy atom. The van der Waals surface area contributed by atoms with Crippen LogP contribution in [0.15, 0.2) is 24.3 Å². The van der Waals surface area contributed by atoms with Gasteiger partial charge >= 0.3 is 0 Å². The van der Waals surface area contributed by atoms with Crippen molar-refractivity contribution in [3.8, 4) is 0 Å². The minimum Gasteiger partial charge on any atom is -0.333 e. The Kier molecular flexibility index (Phi) is 4.20. The van der Waals surface area contributed by atoms with Crippen LogP contribution in [-0.4, -0.2) is 29.8 Å². The Morgan fingerprint density at radius 2 is 2.11 bits per heavy atom. The van der Waals surface area contributed by atoms with Crippen LogP contribution in [0, 0.1) is 0 Å². The summed E-state index contributed by atoms with van der Waals surface area (Å²) in [6.45, 7) is 5.04. The third-order valence-corrected chi connectivity index (χ3v) is 3.36. The fourth-order valence-electron chi connectivity index (χ4n) is 2.35. The van der Waals surface area contributed by atoms with E-state index in [9.17, 15) is 9.59 Å². The number of benzene rings is 1. The smallest absolute Gasteiger partial charge is 0.244 e. The number of hydrogen-bond acceptors (Lipinski definition) is 2. The van der Waals surface area contributed by atoms with Crippen molar-refractivity contribution < 1.29 is 9.59 Å². The predicted octanol–water partition coefficient (Wildman–Crippen LogP) is 2.37. The van der Waals surface area contributed by atoms with E-state index in [1.54, 1.807) is 4.90 Å². The Hall–Kier alpha value is -1.84. The van der Waals surface area contributed by atoms with E-state index in [2.05, 4.69) is 19.2 Å². The van der Waals surface area contributed by atoms with Crippen molar-refractivity contribution >= 4 is 17.5 Å². The Morgan fingerprint density at radius 3 is 2.74 bits per heavy atom. The van der Waals surface area contributed by atoms with Crippen molar-refractivity contribution in [3.63, 3.8) is 0 Å². The molecule has 1 heterocycles. The number of carbonyl (C=O) groups is 2. The van der Waals surface area contributed by atoms with E-state index < -0.39 is 0 Å². The normalized spacial score (nSPS) is 15.1. The molecule has 0 unspecified atom stereocenters. The number of rotatable bonds is 4. The van der Waals surface area contributed by atoms with Gasteiger partial charge in [-0.2, -0.15) is 0 Å². The summed E-state index contributed by atoms with van der Waals surface area (Å²) in [6, 6.07) is 7.79. The molecule has 1 aromatic rings. The van der Waals surface area contributed by atoms with Crippen LogP contribution < -0.4 is 5.32 Å². The summed E-state index contributed by atoms with van der Waals surface area (Å²) in [5, 5.41) is 2.91. The van der Waals surface area contributed by atoms with Gasteiger partial charge in [0.25, 0.3) is 0 Å². The summed E-state index contributed by atoms with van der Waals surface area (Å²) in [5.41, 5.74) is 1.96.